The van der Waals surface area contributed by atoms with Crippen molar-refractivity contribution >= 4 is 11.8 Å². The lowest BCUT2D eigenvalue weighted by Gasteiger charge is -2.25. The Hall–Kier alpha value is -1.18. The van der Waals surface area contributed by atoms with Crippen LogP contribution in [0, 0.1) is 0 Å². The van der Waals surface area contributed by atoms with Gasteiger partial charge in [0.1, 0.15) is 0 Å². The normalized spacial score (nSPS) is 21.6. The van der Waals surface area contributed by atoms with Gasteiger partial charge in [-0.1, -0.05) is 13.8 Å². The van der Waals surface area contributed by atoms with Crippen molar-refractivity contribution < 1.29 is 14.3 Å². The molecule has 0 radical (unpaired) electrons. The summed E-state index contributed by atoms with van der Waals surface area (Å²) in [6.07, 6.45) is 0. The minimum Gasteiger partial charge on any atom is -0.379 e. The molecule has 134 valence electrons. The van der Waals surface area contributed by atoms with E-state index in [1.54, 1.807) is 4.90 Å². The summed E-state index contributed by atoms with van der Waals surface area (Å²) in [5, 5.41) is 2.90. The summed E-state index contributed by atoms with van der Waals surface area (Å²) in [6.45, 7) is 12.9. The molecule has 1 heterocycles. The molecule has 1 N–H and O–H groups in total. The van der Waals surface area contributed by atoms with E-state index in [4.69, 9.17) is 4.74 Å². The maximum Gasteiger partial charge on any atom is 0.236 e. The van der Waals surface area contributed by atoms with Gasteiger partial charge in [-0.05, 0) is 20.0 Å². The van der Waals surface area contributed by atoms with Crippen LogP contribution in [-0.2, 0) is 14.3 Å². The first-order chi connectivity index (χ1) is 11.1. The minimum atomic E-state index is 0.000378. The third-order valence-corrected chi connectivity index (χ3v) is 4.16. The lowest BCUT2D eigenvalue weighted by atomic mass is 10.3. The number of hydrogen-bond acceptors (Lipinski definition) is 5. The lowest BCUT2D eigenvalue weighted by Crippen LogP contribution is -2.45. The average Bonchev–Trinajstić information content (AvgIpc) is 2.55. The van der Waals surface area contributed by atoms with Crippen molar-refractivity contribution in [2.75, 3.05) is 72.1 Å². The molecular formula is C16H32N4O3. The SMILES string of the molecule is CCN1CCOCCN(CC)CC(=O)N(CC)CCNC(=O)C1. The Kier molecular flexibility index (Phi) is 9.82. The van der Waals surface area contributed by atoms with Crippen LogP contribution >= 0.6 is 0 Å². The second kappa shape index (κ2) is 11.4. The van der Waals surface area contributed by atoms with Gasteiger partial charge in [-0.15, -0.1) is 0 Å². The highest BCUT2D eigenvalue weighted by molar-refractivity contribution is 5.79. The Morgan fingerprint density at radius 3 is 2.09 bits per heavy atom. The van der Waals surface area contributed by atoms with Gasteiger partial charge >= 0.3 is 0 Å². The molecule has 7 nitrogen and oxygen atoms in total. The summed E-state index contributed by atoms with van der Waals surface area (Å²) in [5.74, 6) is 0.106. The molecule has 1 saturated heterocycles. The third-order valence-electron chi connectivity index (χ3n) is 4.16. The van der Waals surface area contributed by atoms with E-state index in [-0.39, 0.29) is 11.8 Å². The van der Waals surface area contributed by atoms with Crippen LogP contribution in [0.4, 0.5) is 0 Å². The zero-order chi connectivity index (χ0) is 17.1. The quantitative estimate of drug-likeness (QED) is 0.765. The number of ether oxygens (including phenoxy) is 1. The summed E-state index contributed by atoms with van der Waals surface area (Å²) in [5.41, 5.74) is 0. The van der Waals surface area contributed by atoms with E-state index in [1.807, 2.05) is 13.8 Å². The molecule has 0 saturated carbocycles. The van der Waals surface area contributed by atoms with Crippen LogP contribution in [0.25, 0.3) is 0 Å². The van der Waals surface area contributed by atoms with Gasteiger partial charge in [-0.2, -0.15) is 0 Å². The second-order valence-electron chi connectivity index (χ2n) is 5.67. The first kappa shape index (κ1) is 19.9. The van der Waals surface area contributed by atoms with E-state index in [2.05, 4.69) is 22.0 Å². The molecule has 0 atom stereocenters. The zero-order valence-corrected chi connectivity index (χ0v) is 14.8. The smallest absolute Gasteiger partial charge is 0.236 e. The number of carbonyl (C=O) groups is 2. The number of amides is 2. The van der Waals surface area contributed by atoms with Gasteiger partial charge in [0.25, 0.3) is 0 Å². The van der Waals surface area contributed by atoms with Gasteiger partial charge in [0.15, 0.2) is 0 Å². The third kappa shape index (κ3) is 7.76. The van der Waals surface area contributed by atoms with Crippen LogP contribution < -0.4 is 5.32 Å². The van der Waals surface area contributed by atoms with E-state index < -0.39 is 0 Å². The monoisotopic (exact) mass is 328 g/mol. The first-order valence-corrected chi connectivity index (χ1v) is 8.67. The molecule has 0 unspecified atom stereocenters. The standard InChI is InChI=1S/C16H32N4O3/c1-4-18-9-11-23-12-10-19(5-2)14-16(22)20(6-3)8-7-17-15(21)13-18/h4-14H2,1-3H3,(H,17,21). The summed E-state index contributed by atoms with van der Waals surface area (Å²) in [4.78, 5) is 30.3. The highest BCUT2D eigenvalue weighted by Crippen LogP contribution is 1.96. The number of hydrogen-bond donors (Lipinski definition) is 1. The van der Waals surface area contributed by atoms with Crippen molar-refractivity contribution in [2.45, 2.75) is 20.8 Å². The van der Waals surface area contributed by atoms with Crippen LogP contribution in [0.5, 0.6) is 0 Å². The van der Waals surface area contributed by atoms with E-state index in [9.17, 15) is 9.59 Å². The predicted molar refractivity (Wildman–Crippen MR) is 90.3 cm³/mol. The van der Waals surface area contributed by atoms with E-state index >= 15 is 0 Å². The van der Waals surface area contributed by atoms with Gasteiger partial charge in [0, 0.05) is 32.7 Å². The van der Waals surface area contributed by atoms with E-state index in [1.165, 1.54) is 0 Å². The number of carbonyl (C=O) groups excluding carboxylic acids is 2. The van der Waals surface area contributed by atoms with E-state index in [0.717, 1.165) is 26.2 Å². The maximum atomic E-state index is 12.4. The molecule has 2 amide bonds. The Bertz CT molecular complexity index is 365. The van der Waals surface area contributed by atoms with Crippen molar-refractivity contribution in [3.05, 3.63) is 0 Å². The highest BCUT2D eigenvalue weighted by atomic mass is 16.5. The zero-order valence-electron chi connectivity index (χ0n) is 14.8. The van der Waals surface area contributed by atoms with Crippen molar-refractivity contribution in [3.8, 4) is 0 Å². The number of likely N-dealkylation sites (N-methyl/N-ethyl adjacent to an activating group) is 3. The van der Waals surface area contributed by atoms with Gasteiger partial charge < -0.3 is 15.0 Å². The van der Waals surface area contributed by atoms with Crippen molar-refractivity contribution in [3.63, 3.8) is 0 Å². The molecule has 0 spiro atoms. The largest absolute Gasteiger partial charge is 0.379 e. The summed E-state index contributed by atoms with van der Waals surface area (Å²) in [6, 6.07) is 0. The lowest BCUT2D eigenvalue weighted by molar-refractivity contribution is -0.132. The number of nitrogens with zero attached hydrogens (tertiary/aromatic N) is 3. The van der Waals surface area contributed by atoms with Gasteiger partial charge in [0.2, 0.25) is 11.8 Å². The van der Waals surface area contributed by atoms with Gasteiger partial charge in [-0.3, -0.25) is 19.4 Å². The molecule has 0 aromatic carbocycles. The van der Waals surface area contributed by atoms with Gasteiger partial charge in [0.05, 0.1) is 26.3 Å². The molecule has 0 aromatic heterocycles. The van der Waals surface area contributed by atoms with Crippen molar-refractivity contribution in [1.29, 1.82) is 0 Å². The molecule has 7 heteroatoms. The Morgan fingerprint density at radius 2 is 1.52 bits per heavy atom. The fourth-order valence-electron chi connectivity index (χ4n) is 2.53. The van der Waals surface area contributed by atoms with Crippen LogP contribution in [0.1, 0.15) is 20.8 Å². The number of nitrogens with one attached hydrogen (secondary N) is 1. The summed E-state index contributed by atoms with van der Waals surface area (Å²) < 4.78 is 5.66. The van der Waals surface area contributed by atoms with Gasteiger partial charge in [-0.25, -0.2) is 0 Å². The van der Waals surface area contributed by atoms with Crippen LogP contribution in [0.15, 0.2) is 0 Å². The Balaban J connectivity index is 2.65. The Labute approximate surface area is 139 Å². The average molecular weight is 328 g/mol. The molecule has 1 fully saturated rings. The summed E-state index contributed by atoms with van der Waals surface area (Å²) >= 11 is 0. The van der Waals surface area contributed by atoms with E-state index in [0.29, 0.717) is 45.9 Å². The van der Waals surface area contributed by atoms with Crippen molar-refractivity contribution in [1.82, 2.24) is 20.0 Å². The minimum absolute atomic E-state index is 0.000378. The number of rotatable bonds is 3. The predicted octanol–water partition coefficient (Wildman–Crippen LogP) is -0.375. The molecule has 1 rings (SSSR count). The Morgan fingerprint density at radius 1 is 0.913 bits per heavy atom. The fraction of sp³-hybridized carbons (Fsp3) is 0.875. The molecule has 0 bridgehead atoms. The first-order valence-electron chi connectivity index (χ1n) is 8.67. The topological polar surface area (TPSA) is 65.1 Å². The van der Waals surface area contributed by atoms with Crippen LogP contribution in [-0.4, -0.2) is 98.6 Å². The van der Waals surface area contributed by atoms with Crippen LogP contribution in [0.3, 0.4) is 0 Å². The molecule has 1 aliphatic rings. The molecule has 0 aromatic rings. The molecular weight excluding hydrogens is 296 g/mol. The second-order valence-corrected chi connectivity index (χ2v) is 5.67. The molecule has 23 heavy (non-hydrogen) atoms. The highest BCUT2D eigenvalue weighted by Gasteiger charge is 2.16. The molecule has 1 aliphatic heterocycles. The fourth-order valence-corrected chi connectivity index (χ4v) is 2.53. The summed E-state index contributed by atoms with van der Waals surface area (Å²) in [7, 11) is 0. The van der Waals surface area contributed by atoms with Crippen LogP contribution in [0.2, 0.25) is 0 Å². The van der Waals surface area contributed by atoms with Crippen molar-refractivity contribution in [2.24, 2.45) is 0 Å². The maximum absolute atomic E-state index is 12.4. The molecule has 0 aliphatic carbocycles.